The number of nitrogens with one attached hydrogen (secondary N) is 3. The number of amides is 2. The van der Waals surface area contributed by atoms with E-state index in [1.54, 1.807) is 12.3 Å². The van der Waals surface area contributed by atoms with Crippen molar-refractivity contribution in [2.45, 2.75) is 25.3 Å². The Kier molecular flexibility index (Phi) is 3.19. The number of hydrogen-bond donors (Lipinski definition) is 3. The predicted molar refractivity (Wildman–Crippen MR) is 56.5 cm³/mol. The van der Waals surface area contributed by atoms with Gasteiger partial charge in [-0.2, -0.15) is 5.10 Å². The van der Waals surface area contributed by atoms with Gasteiger partial charge in [-0.25, -0.2) is 0 Å². The second kappa shape index (κ2) is 4.78. The summed E-state index contributed by atoms with van der Waals surface area (Å²) in [4.78, 5) is 22.5. The number of rotatable bonds is 3. The maximum Gasteiger partial charge on any atom is 0.226 e. The van der Waals surface area contributed by atoms with Gasteiger partial charge in [-0.3, -0.25) is 14.7 Å². The quantitative estimate of drug-likeness (QED) is 0.635. The van der Waals surface area contributed by atoms with Crippen LogP contribution in [0.25, 0.3) is 0 Å². The lowest BCUT2D eigenvalue weighted by Gasteiger charge is -2.23. The van der Waals surface area contributed by atoms with E-state index in [1.165, 1.54) is 0 Å². The standard InChI is InChI=1S/C10H14N4O2/c15-9-2-1-8(6-11-9)13-10(16)5-7-3-4-12-14-7/h3-4,8H,1-2,5-6H2,(H,11,15)(H,12,14)(H,13,16). The van der Waals surface area contributed by atoms with E-state index in [2.05, 4.69) is 20.8 Å². The van der Waals surface area contributed by atoms with Crippen LogP contribution in [0.1, 0.15) is 18.5 Å². The molecular formula is C10H14N4O2. The first-order chi connectivity index (χ1) is 7.74. The van der Waals surface area contributed by atoms with Crippen molar-refractivity contribution in [3.05, 3.63) is 18.0 Å². The summed E-state index contributed by atoms with van der Waals surface area (Å²) in [5.41, 5.74) is 0.789. The van der Waals surface area contributed by atoms with E-state index in [1.807, 2.05) is 0 Å². The van der Waals surface area contributed by atoms with Crippen molar-refractivity contribution in [3.63, 3.8) is 0 Å². The van der Waals surface area contributed by atoms with Gasteiger partial charge in [0.25, 0.3) is 0 Å². The predicted octanol–water partition coefficient (Wildman–Crippen LogP) is -0.653. The van der Waals surface area contributed by atoms with Gasteiger partial charge >= 0.3 is 0 Å². The topological polar surface area (TPSA) is 86.9 Å². The molecule has 1 aromatic rings. The Hall–Kier alpha value is -1.85. The minimum absolute atomic E-state index is 0.0492. The monoisotopic (exact) mass is 222 g/mol. The number of aromatic nitrogens is 2. The molecule has 0 aromatic carbocycles. The van der Waals surface area contributed by atoms with E-state index >= 15 is 0 Å². The molecule has 3 N–H and O–H groups in total. The lowest BCUT2D eigenvalue weighted by molar-refractivity contribution is -0.125. The van der Waals surface area contributed by atoms with Gasteiger partial charge in [-0.1, -0.05) is 0 Å². The summed E-state index contributed by atoms with van der Waals surface area (Å²) >= 11 is 0. The highest BCUT2D eigenvalue weighted by atomic mass is 16.2. The molecule has 6 heteroatoms. The summed E-state index contributed by atoms with van der Waals surface area (Å²) < 4.78 is 0. The summed E-state index contributed by atoms with van der Waals surface area (Å²) in [5.74, 6) is 0.00414. The van der Waals surface area contributed by atoms with Crippen molar-refractivity contribution in [2.75, 3.05) is 6.54 Å². The molecule has 2 amide bonds. The van der Waals surface area contributed by atoms with Gasteiger partial charge in [0.05, 0.1) is 6.42 Å². The van der Waals surface area contributed by atoms with Gasteiger partial charge in [0.1, 0.15) is 0 Å². The van der Waals surface area contributed by atoms with Crippen LogP contribution in [0, 0.1) is 0 Å². The first-order valence-electron chi connectivity index (χ1n) is 5.28. The van der Waals surface area contributed by atoms with Crippen LogP contribution in [0.2, 0.25) is 0 Å². The highest BCUT2D eigenvalue weighted by Gasteiger charge is 2.19. The first kappa shape index (κ1) is 10.7. The normalized spacial score (nSPS) is 20.2. The molecule has 1 unspecified atom stereocenters. The molecule has 86 valence electrons. The first-order valence-corrected chi connectivity index (χ1v) is 5.28. The van der Waals surface area contributed by atoms with Crippen LogP contribution in [-0.2, 0) is 16.0 Å². The summed E-state index contributed by atoms with van der Waals surface area (Å²) in [7, 11) is 0. The van der Waals surface area contributed by atoms with Crippen LogP contribution in [-0.4, -0.2) is 34.6 Å². The van der Waals surface area contributed by atoms with Gasteiger partial charge in [-0.15, -0.1) is 0 Å². The Balaban J connectivity index is 1.77. The Morgan fingerprint density at radius 1 is 1.62 bits per heavy atom. The average molecular weight is 222 g/mol. The minimum Gasteiger partial charge on any atom is -0.354 e. The zero-order valence-electron chi connectivity index (χ0n) is 8.82. The highest BCUT2D eigenvalue weighted by molar-refractivity contribution is 5.80. The SMILES string of the molecule is O=C1CCC(NC(=O)Cc2ccn[nH]2)CN1. The molecule has 6 nitrogen and oxygen atoms in total. The largest absolute Gasteiger partial charge is 0.354 e. The second-order valence-electron chi connectivity index (χ2n) is 3.87. The number of aromatic amines is 1. The van der Waals surface area contributed by atoms with E-state index in [0.717, 1.165) is 5.69 Å². The van der Waals surface area contributed by atoms with Crippen molar-refractivity contribution in [2.24, 2.45) is 0 Å². The summed E-state index contributed by atoms with van der Waals surface area (Å²) in [6, 6.07) is 1.82. The average Bonchev–Trinajstić information content (AvgIpc) is 2.74. The second-order valence-corrected chi connectivity index (χ2v) is 3.87. The number of carbonyl (C=O) groups excluding carboxylic acids is 2. The lowest BCUT2D eigenvalue weighted by Crippen LogP contribution is -2.48. The number of H-pyrrole nitrogens is 1. The van der Waals surface area contributed by atoms with Gasteiger partial charge in [0, 0.05) is 30.9 Å². The molecule has 1 aliphatic rings. The maximum absolute atomic E-state index is 11.6. The van der Waals surface area contributed by atoms with Crippen molar-refractivity contribution in [1.82, 2.24) is 20.8 Å². The molecule has 1 saturated heterocycles. The Labute approximate surface area is 92.8 Å². The van der Waals surface area contributed by atoms with Crippen LogP contribution >= 0.6 is 0 Å². The maximum atomic E-state index is 11.6. The van der Waals surface area contributed by atoms with Gasteiger partial charge in [-0.05, 0) is 12.5 Å². The van der Waals surface area contributed by atoms with Gasteiger partial charge in [0.15, 0.2) is 0 Å². The molecule has 1 fully saturated rings. The molecule has 0 aliphatic carbocycles. The molecule has 2 rings (SSSR count). The number of piperidine rings is 1. The molecular weight excluding hydrogens is 208 g/mol. The molecule has 1 aliphatic heterocycles. The summed E-state index contributed by atoms with van der Waals surface area (Å²) in [6.45, 7) is 0.521. The van der Waals surface area contributed by atoms with E-state index < -0.39 is 0 Å². The number of carbonyl (C=O) groups is 2. The number of nitrogens with zero attached hydrogens (tertiary/aromatic N) is 1. The minimum atomic E-state index is -0.0506. The van der Waals surface area contributed by atoms with Crippen LogP contribution in [0.15, 0.2) is 12.3 Å². The Morgan fingerprint density at radius 2 is 2.50 bits per heavy atom. The Bertz CT molecular complexity index is 364. The molecule has 16 heavy (non-hydrogen) atoms. The summed E-state index contributed by atoms with van der Waals surface area (Å²) in [6.07, 6.45) is 3.10. The van der Waals surface area contributed by atoms with Crippen LogP contribution < -0.4 is 10.6 Å². The van der Waals surface area contributed by atoms with Crippen LogP contribution in [0.5, 0.6) is 0 Å². The Morgan fingerprint density at radius 3 is 3.12 bits per heavy atom. The zero-order valence-corrected chi connectivity index (χ0v) is 8.82. The molecule has 2 heterocycles. The van der Waals surface area contributed by atoms with Crippen molar-refractivity contribution >= 4 is 11.8 Å². The fourth-order valence-electron chi connectivity index (χ4n) is 1.69. The summed E-state index contributed by atoms with van der Waals surface area (Å²) in [5, 5.41) is 12.1. The molecule has 0 saturated carbocycles. The highest BCUT2D eigenvalue weighted by Crippen LogP contribution is 2.03. The van der Waals surface area contributed by atoms with Crippen molar-refractivity contribution < 1.29 is 9.59 Å². The fourth-order valence-corrected chi connectivity index (χ4v) is 1.69. The van der Waals surface area contributed by atoms with E-state index in [-0.39, 0.29) is 17.9 Å². The molecule has 0 spiro atoms. The third-order valence-corrected chi connectivity index (χ3v) is 2.54. The van der Waals surface area contributed by atoms with E-state index in [9.17, 15) is 9.59 Å². The molecule has 1 aromatic heterocycles. The zero-order chi connectivity index (χ0) is 11.4. The van der Waals surface area contributed by atoms with Crippen LogP contribution in [0.4, 0.5) is 0 Å². The molecule has 0 radical (unpaired) electrons. The van der Waals surface area contributed by atoms with E-state index in [0.29, 0.717) is 25.8 Å². The molecule has 1 atom stereocenters. The van der Waals surface area contributed by atoms with Crippen LogP contribution in [0.3, 0.4) is 0 Å². The van der Waals surface area contributed by atoms with E-state index in [4.69, 9.17) is 0 Å². The third-order valence-electron chi connectivity index (χ3n) is 2.54. The fraction of sp³-hybridized carbons (Fsp3) is 0.500. The van der Waals surface area contributed by atoms with Crippen molar-refractivity contribution in [3.8, 4) is 0 Å². The van der Waals surface area contributed by atoms with Gasteiger partial charge < -0.3 is 10.6 Å². The smallest absolute Gasteiger partial charge is 0.226 e. The lowest BCUT2D eigenvalue weighted by atomic mass is 10.1. The number of hydrogen-bond acceptors (Lipinski definition) is 3. The van der Waals surface area contributed by atoms with Crippen molar-refractivity contribution in [1.29, 1.82) is 0 Å². The van der Waals surface area contributed by atoms with Gasteiger partial charge in [0.2, 0.25) is 11.8 Å². The molecule has 0 bridgehead atoms. The third kappa shape index (κ3) is 2.82.